The van der Waals surface area contributed by atoms with Crippen molar-refractivity contribution in [2.24, 2.45) is 0 Å². The second-order valence-corrected chi connectivity index (χ2v) is 14.0. The van der Waals surface area contributed by atoms with E-state index in [9.17, 15) is 10.1 Å². The molecule has 0 spiro atoms. The lowest BCUT2D eigenvalue weighted by atomic mass is 9.77. The summed E-state index contributed by atoms with van der Waals surface area (Å²) >= 11 is 13.8. The van der Waals surface area contributed by atoms with Crippen LogP contribution in [0.2, 0.25) is 5.02 Å². The summed E-state index contributed by atoms with van der Waals surface area (Å²) in [6, 6.07) is 15.8. The van der Waals surface area contributed by atoms with E-state index >= 15 is 0 Å². The van der Waals surface area contributed by atoms with E-state index in [0.29, 0.717) is 52.8 Å². The van der Waals surface area contributed by atoms with Crippen molar-refractivity contribution in [3.05, 3.63) is 75.6 Å². The van der Waals surface area contributed by atoms with Crippen LogP contribution in [-0.4, -0.2) is 58.4 Å². The Hall–Kier alpha value is -3.19. The van der Waals surface area contributed by atoms with Crippen LogP contribution in [0.1, 0.15) is 81.5 Å². The highest BCUT2D eigenvalue weighted by atomic mass is 35.5. The van der Waals surface area contributed by atoms with Crippen LogP contribution in [0.4, 0.5) is 4.79 Å². The second kappa shape index (κ2) is 14.9. The summed E-state index contributed by atoms with van der Waals surface area (Å²) in [4.78, 5) is 23.7. The molecule has 2 aromatic carbocycles. The summed E-state index contributed by atoms with van der Waals surface area (Å²) in [6.45, 7) is 11.6. The molecule has 45 heavy (non-hydrogen) atoms. The van der Waals surface area contributed by atoms with Crippen LogP contribution in [0.5, 0.6) is 11.5 Å². The van der Waals surface area contributed by atoms with Crippen molar-refractivity contribution >= 4 is 41.1 Å². The minimum absolute atomic E-state index is 0.230. The third kappa shape index (κ3) is 8.96. The fourth-order valence-corrected chi connectivity index (χ4v) is 5.92. The van der Waals surface area contributed by atoms with Crippen molar-refractivity contribution in [1.82, 2.24) is 14.9 Å². The fourth-order valence-electron chi connectivity index (χ4n) is 5.17. The van der Waals surface area contributed by atoms with Gasteiger partial charge >= 0.3 is 6.09 Å². The van der Waals surface area contributed by atoms with E-state index in [4.69, 9.17) is 42.4 Å². The molecule has 0 N–H and O–H groups in total. The van der Waals surface area contributed by atoms with Crippen molar-refractivity contribution in [3.63, 3.8) is 0 Å². The molecule has 0 saturated carbocycles. The first-order valence-electron chi connectivity index (χ1n) is 14.9. The third-order valence-corrected chi connectivity index (χ3v) is 8.68. The number of halogens is 2. The summed E-state index contributed by atoms with van der Waals surface area (Å²) in [5.41, 5.74) is 3.14. The van der Waals surface area contributed by atoms with Gasteiger partial charge in [0.2, 0.25) is 0 Å². The number of rotatable bonds is 10. The number of amides is 1. The number of nitrogens with zero attached hydrogens (tertiary/aromatic N) is 4. The molecule has 0 aliphatic carbocycles. The minimum atomic E-state index is -0.512. The maximum atomic E-state index is 12.5. The number of aromatic nitrogens is 2. The Bertz CT molecular complexity index is 1530. The average Bonchev–Trinajstić information content (AvgIpc) is 3.02. The Morgan fingerprint density at radius 3 is 2.33 bits per heavy atom. The molecular formula is C34H40Cl2N4O4S. The zero-order valence-corrected chi connectivity index (χ0v) is 29.0. The van der Waals surface area contributed by atoms with Crippen LogP contribution in [0.15, 0.2) is 47.6 Å². The van der Waals surface area contributed by atoms with E-state index in [0.717, 1.165) is 35.4 Å². The Morgan fingerprint density at radius 1 is 1.04 bits per heavy atom. The first-order chi connectivity index (χ1) is 21.3. The Labute approximate surface area is 280 Å². The lowest BCUT2D eigenvalue weighted by molar-refractivity contribution is 0.0204. The van der Waals surface area contributed by atoms with Crippen LogP contribution < -0.4 is 9.47 Å². The van der Waals surface area contributed by atoms with Crippen molar-refractivity contribution in [2.45, 2.75) is 76.2 Å². The van der Waals surface area contributed by atoms with E-state index < -0.39 is 11.0 Å². The zero-order chi connectivity index (χ0) is 32.8. The van der Waals surface area contributed by atoms with Gasteiger partial charge in [-0.25, -0.2) is 14.8 Å². The molecule has 0 radical (unpaired) electrons. The highest BCUT2D eigenvalue weighted by molar-refractivity contribution is 7.98. The number of likely N-dealkylation sites (tertiary alicyclic amines) is 1. The minimum Gasteiger partial charge on any atom is -0.489 e. The maximum absolute atomic E-state index is 12.5. The maximum Gasteiger partial charge on any atom is 0.410 e. The zero-order valence-electron chi connectivity index (χ0n) is 26.7. The summed E-state index contributed by atoms with van der Waals surface area (Å²) < 4.78 is 17.3. The van der Waals surface area contributed by atoms with Gasteiger partial charge in [0.25, 0.3) is 0 Å². The molecular weight excluding hydrogens is 631 g/mol. The monoisotopic (exact) mass is 670 g/mol. The Balaban J connectivity index is 1.42. The normalized spacial score (nSPS) is 14.2. The molecule has 240 valence electrons. The number of benzene rings is 2. The summed E-state index contributed by atoms with van der Waals surface area (Å²) in [6.07, 6.45) is 3.32. The number of carbonyl (C=O) groups is 1. The van der Waals surface area contributed by atoms with Gasteiger partial charge in [-0.05, 0) is 81.3 Å². The highest BCUT2D eigenvalue weighted by Gasteiger charge is 2.29. The number of carbonyl (C=O) groups excluding carboxylic acids is 1. The van der Waals surface area contributed by atoms with Gasteiger partial charge in [0.1, 0.15) is 30.6 Å². The van der Waals surface area contributed by atoms with Gasteiger partial charge in [-0.15, -0.1) is 11.6 Å². The molecule has 1 fully saturated rings. The van der Waals surface area contributed by atoms with Crippen LogP contribution in [0.25, 0.3) is 0 Å². The van der Waals surface area contributed by atoms with Crippen LogP contribution in [0.3, 0.4) is 0 Å². The molecule has 1 saturated heterocycles. The molecule has 1 aromatic heterocycles. The van der Waals surface area contributed by atoms with Crippen molar-refractivity contribution in [1.29, 1.82) is 5.26 Å². The first-order valence-corrected chi connectivity index (χ1v) is 17.0. The summed E-state index contributed by atoms with van der Waals surface area (Å²) in [5.74, 6) is 1.60. The molecule has 11 heteroatoms. The third-order valence-electron chi connectivity index (χ3n) is 7.70. The van der Waals surface area contributed by atoms with Gasteiger partial charge in [0, 0.05) is 30.1 Å². The first kappa shape index (κ1) is 34.7. The fraction of sp³-hybridized carbons (Fsp3) is 0.471. The van der Waals surface area contributed by atoms with E-state index in [2.05, 4.69) is 24.9 Å². The second-order valence-electron chi connectivity index (χ2n) is 12.4. The topological polar surface area (TPSA) is 97.6 Å². The Morgan fingerprint density at radius 2 is 1.73 bits per heavy atom. The van der Waals surface area contributed by atoms with Crippen molar-refractivity contribution in [2.75, 3.05) is 31.8 Å². The predicted molar refractivity (Wildman–Crippen MR) is 179 cm³/mol. The quantitative estimate of drug-likeness (QED) is 0.121. The predicted octanol–water partition coefficient (Wildman–Crippen LogP) is 8.36. The van der Waals surface area contributed by atoms with Gasteiger partial charge in [0.15, 0.2) is 10.9 Å². The van der Waals surface area contributed by atoms with E-state index in [1.54, 1.807) is 4.90 Å². The highest BCUT2D eigenvalue weighted by Crippen LogP contribution is 2.39. The molecule has 1 amide bonds. The SMILES string of the molecule is CSc1nc(COc2ccc(C(C)(C)c3cc(Cl)c(OCCCl)c(C#N)c3)cc2)cc(C2CCN(C(=O)OC(C)(C)C)CC2)n1. The molecule has 0 unspecified atom stereocenters. The van der Waals surface area contributed by atoms with Gasteiger partial charge in [-0.3, -0.25) is 0 Å². The molecule has 0 bridgehead atoms. The number of hydrogen-bond donors (Lipinski definition) is 0. The number of piperidine rings is 1. The largest absolute Gasteiger partial charge is 0.489 e. The van der Waals surface area contributed by atoms with Crippen molar-refractivity contribution < 1.29 is 19.0 Å². The van der Waals surface area contributed by atoms with Gasteiger partial charge in [0.05, 0.1) is 22.2 Å². The van der Waals surface area contributed by atoms with Gasteiger partial charge in [-0.2, -0.15) is 5.26 Å². The van der Waals surface area contributed by atoms with Crippen LogP contribution in [-0.2, 0) is 16.8 Å². The van der Waals surface area contributed by atoms with Crippen LogP contribution in [0, 0.1) is 11.3 Å². The number of nitriles is 1. The van der Waals surface area contributed by atoms with Gasteiger partial charge < -0.3 is 19.1 Å². The van der Waals surface area contributed by atoms with Crippen molar-refractivity contribution in [3.8, 4) is 17.6 Å². The summed E-state index contributed by atoms with van der Waals surface area (Å²) in [5, 5.41) is 10.8. The summed E-state index contributed by atoms with van der Waals surface area (Å²) in [7, 11) is 0. The lowest BCUT2D eigenvalue weighted by Crippen LogP contribution is -2.41. The number of hydrogen-bond acceptors (Lipinski definition) is 8. The number of thioether (sulfide) groups is 1. The molecule has 1 aliphatic rings. The average molecular weight is 672 g/mol. The molecule has 8 nitrogen and oxygen atoms in total. The Kier molecular flexibility index (Phi) is 11.5. The lowest BCUT2D eigenvalue weighted by Gasteiger charge is -2.33. The number of alkyl halides is 1. The molecule has 3 aromatic rings. The van der Waals surface area contributed by atoms with E-state index in [1.807, 2.05) is 69.5 Å². The molecule has 0 atom stereocenters. The smallest absolute Gasteiger partial charge is 0.410 e. The molecule has 2 heterocycles. The molecule has 1 aliphatic heterocycles. The van der Waals surface area contributed by atoms with E-state index in [-0.39, 0.29) is 18.6 Å². The molecule has 4 rings (SSSR count). The number of ether oxygens (including phenoxy) is 3. The van der Waals surface area contributed by atoms with Crippen LogP contribution >= 0.6 is 35.0 Å². The standard InChI is InChI=1S/C34H40Cl2N4O4S/c1-33(2,3)44-32(41)40-14-11-22(12-15-40)29-19-26(38-31(39-29)45-6)21-43-27-9-7-24(8-10-27)34(4,5)25-17-23(20-37)30(28(36)18-25)42-16-13-35/h7-10,17-19,22H,11-16,21H2,1-6H3. The van der Waals surface area contributed by atoms with E-state index in [1.165, 1.54) is 11.8 Å². The van der Waals surface area contributed by atoms with Gasteiger partial charge in [-0.1, -0.05) is 49.3 Å².